The van der Waals surface area contributed by atoms with Gasteiger partial charge >= 0.3 is 0 Å². The molecule has 0 unspecified atom stereocenters. The highest BCUT2D eigenvalue weighted by molar-refractivity contribution is 6.04. The molecule has 1 fully saturated rings. The first-order valence-electron chi connectivity index (χ1n) is 8.32. The molecular formula is C19H20N4O. The Morgan fingerprint density at radius 3 is 2.58 bits per heavy atom. The number of benzene rings is 1. The van der Waals surface area contributed by atoms with Crippen molar-refractivity contribution >= 4 is 22.9 Å². The van der Waals surface area contributed by atoms with Crippen LogP contribution < -0.4 is 10.2 Å². The number of rotatable bonds is 3. The first-order chi connectivity index (χ1) is 11.7. The lowest BCUT2D eigenvalue weighted by atomic mass is 10.2. The van der Waals surface area contributed by atoms with Crippen LogP contribution in [-0.4, -0.2) is 28.4 Å². The molecule has 2 aromatic heterocycles. The molecule has 1 aliphatic rings. The third-order valence-corrected chi connectivity index (χ3v) is 4.52. The summed E-state index contributed by atoms with van der Waals surface area (Å²) < 4.78 is 1.82. The normalized spacial score (nSPS) is 14.3. The van der Waals surface area contributed by atoms with Crippen LogP contribution in [0.5, 0.6) is 0 Å². The smallest absolute Gasteiger partial charge is 0.274 e. The van der Waals surface area contributed by atoms with Gasteiger partial charge in [-0.1, -0.05) is 6.07 Å². The maximum Gasteiger partial charge on any atom is 0.274 e. The SMILES string of the molecule is Cc1nc2ccccn2c1C(=O)Nc1ccc(N2CCCC2)cc1. The summed E-state index contributed by atoms with van der Waals surface area (Å²) in [5.41, 5.74) is 4.11. The van der Waals surface area contributed by atoms with E-state index in [0.717, 1.165) is 30.1 Å². The average molecular weight is 320 g/mol. The van der Waals surface area contributed by atoms with Crippen LogP contribution in [0.25, 0.3) is 5.65 Å². The number of pyridine rings is 1. The molecule has 0 atom stereocenters. The molecule has 1 amide bonds. The van der Waals surface area contributed by atoms with Crippen LogP contribution in [0, 0.1) is 6.92 Å². The van der Waals surface area contributed by atoms with Crippen LogP contribution in [0.4, 0.5) is 11.4 Å². The summed E-state index contributed by atoms with van der Waals surface area (Å²) in [6.45, 7) is 4.10. The number of aromatic nitrogens is 2. The Kier molecular flexibility index (Phi) is 3.69. The number of hydrogen-bond donors (Lipinski definition) is 1. The summed E-state index contributed by atoms with van der Waals surface area (Å²) in [7, 11) is 0. The molecule has 1 aromatic carbocycles. The second-order valence-corrected chi connectivity index (χ2v) is 6.17. The van der Waals surface area contributed by atoms with E-state index in [1.54, 1.807) is 0 Å². The molecule has 5 heteroatoms. The van der Waals surface area contributed by atoms with E-state index in [0.29, 0.717) is 5.69 Å². The maximum absolute atomic E-state index is 12.7. The topological polar surface area (TPSA) is 49.6 Å². The molecule has 1 N–H and O–H groups in total. The largest absolute Gasteiger partial charge is 0.372 e. The van der Waals surface area contributed by atoms with Crippen molar-refractivity contribution in [2.24, 2.45) is 0 Å². The molecule has 0 radical (unpaired) electrons. The van der Waals surface area contributed by atoms with E-state index in [2.05, 4.69) is 27.3 Å². The summed E-state index contributed by atoms with van der Waals surface area (Å²) in [6.07, 6.45) is 4.37. The number of amides is 1. The van der Waals surface area contributed by atoms with Gasteiger partial charge in [-0.15, -0.1) is 0 Å². The van der Waals surface area contributed by atoms with Crippen LogP contribution in [0.15, 0.2) is 48.7 Å². The number of carbonyl (C=O) groups excluding carboxylic acids is 1. The van der Waals surface area contributed by atoms with Crippen LogP contribution >= 0.6 is 0 Å². The number of carbonyl (C=O) groups is 1. The molecule has 1 saturated heterocycles. The zero-order valence-electron chi connectivity index (χ0n) is 13.7. The third-order valence-electron chi connectivity index (χ3n) is 4.52. The number of fused-ring (bicyclic) bond motifs is 1. The van der Waals surface area contributed by atoms with Crippen molar-refractivity contribution in [2.45, 2.75) is 19.8 Å². The maximum atomic E-state index is 12.7. The van der Waals surface area contributed by atoms with Crippen molar-refractivity contribution in [3.05, 3.63) is 60.0 Å². The average Bonchev–Trinajstić information content (AvgIpc) is 3.22. The lowest BCUT2D eigenvalue weighted by molar-refractivity contribution is 0.102. The lowest BCUT2D eigenvalue weighted by Gasteiger charge is -2.17. The zero-order valence-corrected chi connectivity index (χ0v) is 13.7. The molecule has 3 heterocycles. The molecule has 0 bridgehead atoms. The summed E-state index contributed by atoms with van der Waals surface area (Å²) in [5.74, 6) is -0.139. The first-order valence-corrected chi connectivity index (χ1v) is 8.32. The van der Waals surface area contributed by atoms with Gasteiger partial charge in [-0.3, -0.25) is 9.20 Å². The van der Waals surface area contributed by atoms with Crippen LogP contribution in [0.3, 0.4) is 0 Å². The Labute approximate surface area is 140 Å². The lowest BCUT2D eigenvalue weighted by Crippen LogP contribution is -2.18. The van der Waals surface area contributed by atoms with Gasteiger partial charge in [0.25, 0.3) is 5.91 Å². The molecule has 0 saturated carbocycles. The quantitative estimate of drug-likeness (QED) is 0.803. The van der Waals surface area contributed by atoms with Gasteiger partial charge in [-0.05, 0) is 56.2 Å². The number of aryl methyl sites for hydroxylation is 1. The van der Waals surface area contributed by atoms with E-state index in [-0.39, 0.29) is 5.91 Å². The van der Waals surface area contributed by atoms with Gasteiger partial charge in [0, 0.05) is 30.7 Å². The molecule has 24 heavy (non-hydrogen) atoms. The van der Waals surface area contributed by atoms with Crippen molar-refractivity contribution in [1.82, 2.24) is 9.38 Å². The van der Waals surface area contributed by atoms with Crippen LogP contribution in [0.2, 0.25) is 0 Å². The summed E-state index contributed by atoms with van der Waals surface area (Å²) in [4.78, 5) is 19.5. The minimum atomic E-state index is -0.139. The van der Waals surface area contributed by atoms with Crippen molar-refractivity contribution in [2.75, 3.05) is 23.3 Å². The van der Waals surface area contributed by atoms with Gasteiger partial charge in [-0.25, -0.2) is 4.98 Å². The zero-order chi connectivity index (χ0) is 16.5. The number of hydrogen-bond acceptors (Lipinski definition) is 3. The summed E-state index contributed by atoms with van der Waals surface area (Å²) >= 11 is 0. The van der Waals surface area contributed by atoms with Crippen LogP contribution in [0.1, 0.15) is 29.0 Å². The highest BCUT2D eigenvalue weighted by Gasteiger charge is 2.17. The summed E-state index contributed by atoms with van der Waals surface area (Å²) in [6, 6.07) is 13.8. The minimum absolute atomic E-state index is 0.139. The van der Waals surface area contributed by atoms with Gasteiger partial charge < -0.3 is 10.2 Å². The number of nitrogens with one attached hydrogen (secondary N) is 1. The highest BCUT2D eigenvalue weighted by atomic mass is 16.2. The van der Waals surface area contributed by atoms with Gasteiger partial charge in [0.15, 0.2) is 0 Å². The predicted molar refractivity (Wildman–Crippen MR) is 95.8 cm³/mol. The van der Waals surface area contributed by atoms with E-state index in [9.17, 15) is 4.79 Å². The Morgan fingerprint density at radius 2 is 1.83 bits per heavy atom. The third kappa shape index (κ3) is 2.62. The molecule has 1 aliphatic heterocycles. The number of imidazole rings is 1. The Bertz CT molecular complexity index is 876. The molecule has 0 aliphatic carbocycles. The molecule has 4 rings (SSSR count). The van der Waals surface area contributed by atoms with Gasteiger partial charge in [0.2, 0.25) is 0 Å². The van der Waals surface area contributed by atoms with E-state index >= 15 is 0 Å². The first kappa shape index (κ1) is 14.8. The molecule has 0 spiro atoms. The standard InChI is InChI=1S/C19H20N4O/c1-14-18(23-13-3-2-6-17(23)20-14)19(24)21-15-7-9-16(10-8-15)22-11-4-5-12-22/h2-3,6-10,13H,4-5,11-12H2,1H3,(H,21,24). The van der Waals surface area contributed by atoms with Crippen molar-refractivity contribution in [3.63, 3.8) is 0 Å². The van der Waals surface area contributed by atoms with Gasteiger partial charge in [0.05, 0.1) is 5.69 Å². The van der Waals surface area contributed by atoms with Gasteiger partial charge in [-0.2, -0.15) is 0 Å². The van der Waals surface area contributed by atoms with Crippen molar-refractivity contribution in [3.8, 4) is 0 Å². The van der Waals surface area contributed by atoms with Gasteiger partial charge in [0.1, 0.15) is 11.3 Å². The number of nitrogens with zero attached hydrogens (tertiary/aromatic N) is 3. The second-order valence-electron chi connectivity index (χ2n) is 6.17. The Balaban J connectivity index is 1.56. The Morgan fingerprint density at radius 1 is 1.08 bits per heavy atom. The number of anilines is 2. The van der Waals surface area contributed by atoms with E-state index in [4.69, 9.17) is 0 Å². The highest BCUT2D eigenvalue weighted by Crippen LogP contribution is 2.22. The summed E-state index contributed by atoms with van der Waals surface area (Å²) in [5, 5.41) is 2.98. The Hall–Kier alpha value is -2.82. The second kappa shape index (κ2) is 6.00. The van der Waals surface area contributed by atoms with E-state index in [1.165, 1.54) is 18.5 Å². The molecular weight excluding hydrogens is 300 g/mol. The predicted octanol–water partition coefficient (Wildman–Crippen LogP) is 3.50. The van der Waals surface area contributed by atoms with Crippen molar-refractivity contribution < 1.29 is 4.79 Å². The fourth-order valence-electron chi connectivity index (χ4n) is 3.31. The fraction of sp³-hybridized carbons (Fsp3) is 0.263. The molecule has 3 aromatic rings. The van der Waals surface area contributed by atoms with Crippen molar-refractivity contribution in [1.29, 1.82) is 0 Å². The fourth-order valence-corrected chi connectivity index (χ4v) is 3.31. The van der Waals surface area contributed by atoms with Crippen LogP contribution in [-0.2, 0) is 0 Å². The van der Waals surface area contributed by atoms with E-state index in [1.807, 2.05) is 47.9 Å². The molecule has 5 nitrogen and oxygen atoms in total. The minimum Gasteiger partial charge on any atom is -0.372 e. The monoisotopic (exact) mass is 320 g/mol. The van der Waals surface area contributed by atoms with E-state index < -0.39 is 0 Å². The molecule has 122 valence electrons.